The molecule has 1 aliphatic carbocycles. The minimum absolute atomic E-state index is 0.0493. The van der Waals surface area contributed by atoms with Crippen molar-refractivity contribution in [3.63, 3.8) is 0 Å². The molecule has 0 aliphatic heterocycles. The number of ether oxygens (including phenoxy) is 1. The van der Waals surface area contributed by atoms with E-state index in [0.29, 0.717) is 10.8 Å². The fourth-order valence-corrected chi connectivity index (χ4v) is 6.73. The SMILES string of the molecule is COc1cccc(N(CC(=O)N(Cc2cccc(Cl)c2)C(C)C(=O)NC2CCCCC2)S(=O)(=O)c2ccc(C)cc2)c1. The number of benzene rings is 3. The summed E-state index contributed by atoms with van der Waals surface area (Å²) in [6.45, 7) is 3.10. The summed E-state index contributed by atoms with van der Waals surface area (Å²) in [6, 6.07) is 19.3. The summed E-state index contributed by atoms with van der Waals surface area (Å²) in [5.74, 6) is -0.355. The molecule has 0 heterocycles. The molecule has 4 rings (SSSR count). The zero-order valence-electron chi connectivity index (χ0n) is 24.3. The Hall–Kier alpha value is -3.56. The third-order valence-corrected chi connectivity index (χ3v) is 9.61. The van der Waals surface area contributed by atoms with Gasteiger partial charge in [0.2, 0.25) is 11.8 Å². The van der Waals surface area contributed by atoms with Gasteiger partial charge in [-0.2, -0.15) is 0 Å². The van der Waals surface area contributed by atoms with E-state index in [-0.39, 0.29) is 29.1 Å². The Morgan fingerprint density at radius 3 is 2.36 bits per heavy atom. The molecule has 3 aromatic carbocycles. The van der Waals surface area contributed by atoms with Crippen LogP contribution in [-0.4, -0.2) is 50.9 Å². The van der Waals surface area contributed by atoms with Gasteiger partial charge < -0.3 is 15.0 Å². The Morgan fingerprint density at radius 2 is 1.69 bits per heavy atom. The molecule has 0 bridgehead atoms. The van der Waals surface area contributed by atoms with Gasteiger partial charge in [0.05, 0.1) is 17.7 Å². The minimum atomic E-state index is -4.16. The standard InChI is InChI=1S/C32H38ClN3O5S/c1-23-15-17-30(18-16-23)42(39,40)36(28-13-8-14-29(20-28)41-3)22-31(37)35(21-25-9-7-10-26(33)19-25)24(2)32(38)34-27-11-5-4-6-12-27/h7-10,13-20,24,27H,4-6,11-12,21-22H2,1-3H3,(H,34,38). The fourth-order valence-electron chi connectivity index (χ4n) is 5.12. The van der Waals surface area contributed by atoms with Gasteiger partial charge in [0.1, 0.15) is 18.3 Å². The first kappa shape index (κ1) is 31.4. The van der Waals surface area contributed by atoms with Crippen LogP contribution in [0.4, 0.5) is 5.69 Å². The molecule has 1 fully saturated rings. The summed E-state index contributed by atoms with van der Waals surface area (Å²) in [4.78, 5) is 29.0. The summed E-state index contributed by atoms with van der Waals surface area (Å²) in [5, 5.41) is 3.60. The van der Waals surface area contributed by atoms with Gasteiger partial charge in [-0.15, -0.1) is 0 Å². The lowest BCUT2D eigenvalue weighted by molar-refractivity contribution is -0.139. The summed E-state index contributed by atoms with van der Waals surface area (Å²) in [7, 11) is -2.68. The zero-order valence-corrected chi connectivity index (χ0v) is 25.8. The van der Waals surface area contributed by atoms with E-state index >= 15 is 0 Å². The molecular weight excluding hydrogens is 574 g/mol. The highest BCUT2D eigenvalue weighted by molar-refractivity contribution is 7.92. The van der Waals surface area contributed by atoms with E-state index in [4.69, 9.17) is 16.3 Å². The van der Waals surface area contributed by atoms with Crippen LogP contribution in [0.15, 0.2) is 77.7 Å². The molecule has 10 heteroatoms. The second-order valence-electron chi connectivity index (χ2n) is 10.7. The van der Waals surface area contributed by atoms with Crippen LogP contribution in [0.1, 0.15) is 50.2 Å². The van der Waals surface area contributed by atoms with E-state index in [1.807, 2.05) is 13.0 Å². The molecule has 1 saturated carbocycles. The number of carbonyl (C=O) groups is 2. The molecule has 1 aliphatic rings. The largest absolute Gasteiger partial charge is 0.497 e. The fraction of sp³-hybridized carbons (Fsp3) is 0.375. The van der Waals surface area contributed by atoms with Crippen molar-refractivity contribution >= 4 is 39.1 Å². The third kappa shape index (κ3) is 7.83. The van der Waals surface area contributed by atoms with Crippen LogP contribution in [0.5, 0.6) is 5.75 Å². The molecule has 0 saturated heterocycles. The van der Waals surface area contributed by atoms with Crippen LogP contribution in [0.2, 0.25) is 5.02 Å². The van der Waals surface area contributed by atoms with Crippen molar-refractivity contribution in [1.29, 1.82) is 0 Å². The Balaban J connectivity index is 1.69. The number of nitrogens with zero attached hydrogens (tertiary/aromatic N) is 2. The van der Waals surface area contributed by atoms with Gasteiger partial charge in [0.25, 0.3) is 10.0 Å². The number of sulfonamides is 1. The first-order valence-corrected chi connectivity index (χ1v) is 16.0. The van der Waals surface area contributed by atoms with E-state index in [1.54, 1.807) is 61.5 Å². The molecule has 1 N–H and O–H groups in total. The van der Waals surface area contributed by atoms with Crippen LogP contribution in [0, 0.1) is 6.92 Å². The van der Waals surface area contributed by atoms with Crippen molar-refractivity contribution < 1.29 is 22.7 Å². The van der Waals surface area contributed by atoms with Crippen LogP contribution in [-0.2, 0) is 26.2 Å². The minimum Gasteiger partial charge on any atom is -0.497 e. The monoisotopic (exact) mass is 611 g/mol. The highest BCUT2D eigenvalue weighted by atomic mass is 35.5. The van der Waals surface area contributed by atoms with E-state index in [0.717, 1.165) is 47.5 Å². The Labute approximate surface area is 253 Å². The molecule has 42 heavy (non-hydrogen) atoms. The molecule has 1 unspecified atom stereocenters. The number of hydrogen-bond acceptors (Lipinski definition) is 5. The van der Waals surface area contributed by atoms with E-state index < -0.39 is 28.5 Å². The van der Waals surface area contributed by atoms with Crippen molar-refractivity contribution in [1.82, 2.24) is 10.2 Å². The number of hydrogen-bond donors (Lipinski definition) is 1. The lowest BCUT2D eigenvalue weighted by Gasteiger charge is -2.33. The lowest BCUT2D eigenvalue weighted by Crippen LogP contribution is -2.53. The normalized spacial score (nSPS) is 14.6. The van der Waals surface area contributed by atoms with Crippen LogP contribution >= 0.6 is 11.6 Å². The second kappa shape index (κ2) is 14.1. The summed E-state index contributed by atoms with van der Waals surface area (Å²) in [5.41, 5.74) is 1.90. The quantitative estimate of drug-likeness (QED) is 0.299. The number of carbonyl (C=O) groups excluding carboxylic acids is 2. The second-order valence-corrected chi connectivity index (χ2v) is 13.0. The highest BCUT2D eigenvalue weighted by Gasteiger charge is 2.33. The maximum Gasteiger partial charge on any atom is 0.264 e. The number of nitrogens with one attached hydrogen (secondary N) is 1. The van der Waals surface area contributed by atoms with Gasteiger partial charge >= 0.3 is 0 Å². The molecule has 2 amide bonds. The van der Waals surface area contributed by atoms with Gasteiger partial charge in [-0.25, -0.2) is 8.42 Å². The number of rotatable bonds is 11. The summed E-state index contributed by atoms with van der Waals surface area (Å²) < 4.78 is 34.4. The molecule has 3 aromatic rings. The average molecular weight is 612 g/mol. The van der Waals surface area contributed by atoms with Crippen molar-refractivity contribution in [2.24, 2.45) is 0 Å². The van der Waals surface area contributed by atoms with Gasteiger partial charge in [-0.05, 0) is 68.7 Å². The molecule has 0 aromatic heterocycles. The Bertz CT molecular complexity index is 1490. The average Bonchev–Trinajstić information content (AvgIpc) is 2.99. The maximum absolute atomic E-state index is 14.1. The first-order chi connectivity index (χ1) is 20.1. The zero-order chi connectivity index (χ0) is 30.3. The lowest BCUT2D eigenvalue weighted by atomic mass is 9.95. The molecule has 1 atom stereocenters. The predicted molar refractivity (Wildman–Crippen MR) is 165 cm³/mol. The van der Waals surface area contributed by atoms with Crippen molar-refractivity contribution in [3.8, 4) is 5.75 Å². The van der Waals surface area contributed by atoms with Gasteiger partial charge in [0, 0.05) is 23.7 Å². The van der Waals surface area contributed by atoms with E-state index in [1.165, 1.54) is 24.1 Å². The third-order valence-electron chi connectivity index (χ3n) is 7.59. The van der Waals surface area contributed by atoms with Crippen LogP contribution in [0.25, 0.3) is 0 Å². The van der Waals surface area contributed by atoms with Crippen molar-refractivity contribution in [2.45, 2.75) is 69.5 Å². The highest BCUT2D eigenvalue weighted by Crippen LogP contribution is 2.28. The van der Waals surface area contributed by atoms with Crippen LogP contribution in [0.3, 0.4) is 0 Å². The Morgan fingerprint density at radius 1 is 1.00 bits per heavy atom. The number of halogens is 1. The first-order valence-electron chi connectivity index (χ1n) is 14.2. The van der Waals surface area contributed by atoms with Crippen LogP contribution < -0.4 is 14.4 Å². The molecule has 8 nitrogen and oxygen atoms in total. The van der Waals surface area contributed by atoms with E-state index in [9.17, 15) is 18.0 Å². The van der Waals surface area contributed by atoms with Gasteiger partial charge in [-0.3, -0.25) is 13.9 Å². The maximum atomic E-state index is 14.1. The summed E-state index contributed by atoms with van der Waals surface area (Å²) >= 11 is 6.23. The predicted octanol–water partition coefficient (Wildman–Crippen LogP) is 5.72. The summed E-state index contributed by atoms with van der Waals surface area (Å²) in [6.07, 6.45) is 5.06. The molecular formula is C32H38ClN3O5S. The van der Waals surface area contributed by atoms with Gasteiger partial charge in [0.15, 0.2) is 0 Å². The van der Waals surface area contributed by atoms with Gasteiger partial charge in [-0.1, -0.05) is 66.8 Å². The molecule has 0 spiro atoms. The van der Waals surface area contributed by atoms with Crippen molar-refractivity contribution in [2.75, 3.05) is 18.0 Å². The smallest absolute Gasteiger partial charge is 0.264 e. The number of aryl methyl sites for hydroxylation is 1. The number of amides is 2. The topological polar surface area (TPSA) is 96.0 Å². The van der Waals surface area contributed by atoms with E-state index in [2.05, 4.69) is 5.32 Å². The molecule has 224 valence electrons. The Kier molecular flexibility index (Phi) is 10.5. The number of anilines is 1. The number of methoxy groups -OCH3 is 1. The molecule has 0 radical (unpaired) electrons. The van der Waals surface area contributed by atoms with Crippen molar-refractivity contribution in [3.05, 3.63) is 88.9 Å².